The van der Waals surface area contributed by atoms with Crippen LogP contribution in [0.25, 0.3) is 0 Å². The summed E-state index contributed by atoms with van der Waals surface area (Å²) < 4.78 is 0. The number of amides is 1. The number of nitrogens with one attached hydrogen (secondary N) is 1. The van der Waals surface area contributed by atoms with Crippen LogP contribution in [0.15, 0.2) is 29.6 Å². The Labute approximate surface area is 134 Å². The van der Waals surface area contributed by atoms with Gasteiger partial charge in [-0.1, -0.05) is 6.07 Å². The fraction of sp³-hybridized carbons (Fsp3) is 0.353. The number of anilines is 2. The Hall–Kier alpha value is -1.85. The maximum atomic E-state index is 12.1. The normalized spacial score (nSPS) is 14.6. The third-order valence-corrected chi connectivity index (χ3v) is 5.21. The van der Waals surface area contributed by atoms with E-state index in [2.05, 4.69) is 21.7 Å². The van der Waals surface area contributed by atoms with E-state index in [1.165, 1.54) is 10.4 Å². The molecule has 0 aliphatic carbocycles. The van der Waals surface area contributed by atoms with Crippen LogP contribution >= 0.6 is 11.3 Å². The van der Waals surface area contributed by atoms with Crippen molar-refractivity contribution in [3.8, 4) is 0 Å². The molecule has 1 aliphatic heterocycles. The summed E-state index contributed by atoms with van der Waals surface area (Å²) in [5, 5.41) is 5.12. The molecule has 2 aromatic rings. The van der Waals surface area contributed by atoms with E-state index < -0.39 is 0 Å². The fourth-order valence-electron chi connectivity index (χ4n) is 2.76. The fourth-order valence-corrected chi connectivity index (χ4v) is 3.65. The van der Waals surface area contributed by atoms with Gasteiger partial charge in [-0.3, -0.25) is 9.69 Å². The Morgan fingerprint density at radius 3 is 3.14 bits per heavy atom. The zero-order valence-electron chi connectivity index (χ0n) is 12.8. The van der Waals surface area contributed by atoms with Crippen molar-refractivity contribution in [1.82, 2.24) is 4.90 Å². The molecule has 116 valence electrons. The molecule has 0 unspecified atom stereocenters. The van der Waals surface area contributed by atoms with Gasteiger partial charge >= 0.3 is 0 Å². The van der Waals surface area contributed by atoms with Gasteiger partial charge in [0.25, 0.3) is 0 Å². The van der Waals surface area contributed by atoms with Crippen molar-refractivity contribution in [2.45, 2.75) is 26.3 Å². The van der Waals surface area contributed by atoms with Crippen LogP contribution in [0.1, 0.15) is 22.4 Å². The molecule has 0 bridgehead atoms. The average molecular weight is 315 g/mol. The third-order valence-electron chi connectivity index (χ3n) is 4.19. The quantitative estimate of drug-likeness (QED) is 0.853. The topological polar surface area (TPSA) is 58.4 Å². The molecule has 1 aromatic carbocycles. The van der Waals surface area contributed by atoms with Gasteiger partial charge in [-0.25, -0.2) is 0 Å². The summed E-state index contributed by atoms with van der Waals surface area (Å²) in [4.78, 5) is 16.0. The van der Waals surface area contributed by atoms with Crippen LogP contribution in [0.3, 0.4) is 0 Å². The van der Waals surface area contributed by atoms with Gasteiger partial charge in [0.05, 0.1) is 0 Å². The number of carbonyl (C=O) groups excluding carboxylic acids is 1. The molecule has 1 aliphatic rings. The second-order valence-corrected chi connectivity index (χ2v) is 6.71. The number of rotatable bonds is 4. The number of nitrogens with two attached hydrogens (primary N) is 1. The molecule has 0 atom stereocenters. The van der Waals surface area contributed by atoms with Crippen molar-refractivity contribution in [1.29, 1.82) is 0 Å². The molecule has 1 amide bonds. The predicted octanol–water partition coefficient (Wildman–Crippen LogP) is 3.03. The van der Waals surface area contributed by atoms with Gasteiger partial charge in [-0.2, -0.15) is 0 Å². The Kier molecular flexibility index (Phi) is 4.45. The van der Waals surface area contributed by atoms with Crippen molar-refractivity contribution >= 4 is 28.6 Å². The molecule has 0 saturated carbocycles. The second kappa shape index (κ2) is 6.50. The van der Waals surface area contributed by atoms with Crippen LogP contribution in [-0.4, -0.2) is 23.9 Å². The van der Waals surface area contributed by atoms with Gasteiger partial charge in [0.1, 0.15) is 0 Å². The van der Waals surface area contributed by atoms with Gasteiger partial charge in [0.2, 0.25) is 5.91 Å². The Bertz CT molecular complexity index is 680. The van der Waals surface area contributed by atoms with Crippen LogP contribution in [0.2, 0.25) is 0 Å². The number of nitrogens with zero attached hydrogens (tertiary/aromatic N) is 1. The van der Waals surface area contributed by atoms with E-state index in [1.807, 2.05) is 36.5 Å². The highest BCUT2D eigenvalue weighted by molar-refractivity contribution is 7.10. The van der Waals surface area contributed by atoms with E-state index in [-0.39, 0.29) is 5.91 Å². The lowest BCUT2D eigenvalue weighted by atomic mass is 10.1. The van der Waals surface area contributed by atoms with E-state index in [0.29, 0.717) is 12.1 Å². The maximum absolute atomic E-state index is 12.1. The number of nitrogen functional groups attached to an aromatic ring is 1. The maximum Gasteiger partial charge on any atom is 0.225 e. The van der Waals surface area contributed by atoms with Crippen LogP contribution in [0, 0.1) is 6.92 Å². The molecule has 5 heteroatoms. The summed E-state index contributed by atoms with van der Waals surface area (Å²) >= 11 is 1.84. The summed E-state index contributed by atoms with van der Waals surface area (Å²) in [7, 11) is 0. The first kappa shape index (κ1) is 15.1. The second-order valence-electron chi connectivity index (χ2n) is 5.71. The Morgan fingerprint density at radius 2 is 2.27 bits per heavy atom. The van der Waals surface area contributed by atoms with Crippen molar-refractivity contribution in [3.05, 3.63) is 45.6 Å². The minimum Gasteiger partial charge on any atom is -0.398 e. The molecule has 22 heavy (non-hydrogen) atoms. The van der Waals surface area contributed by atoms with Crippen molar-refractivity contribution < 1.29 is 4.79 Å². The van der Waals surface area contributed by atoms with Gasteiger partial charge in [-0.05, 0) is 48.1 Å². The molecule has 0 fully saturated rings. The largest absolute Gasteiger partial charge is 0.398 e. The Balaban J connectivity index is 1.52. The molecule has 0 radical (unpaired) electrons. The zero-order valence-corrected chi connectivity index (χ0v) is 13.6. The lowest BCUT2D eigenvalue weighted by molar-refractivity contribution is -0.116. The molecule has 4 nitrogen and oxygen atoms in total. The first-order valence-corrected chi connectivity index (χ1v) is 8.44. The number of hydrogen-bond acceptors (Lipinski definition) is 4. The van der Waals surface area contributed by atoms with Crippen molar-refractivity contribution in [2.24, 2.45) is 0 Å². The highest BCUT2D eigenvalue weighted by Crippen LogP contribution is 2.24. The molecule has 3 rings (SSSR count). The number of fused-ring (bicyclic) bond motifs is 1. The number of benzene rings is 1. The standard InChI is InChI=1S/C17H21N3OS/c1-12-14(18)3-2-4-15(12)19-17(21)6-9-20-8-5-16-13(11-20)7-10-22-16/h2-4,7,10H,5-6,8-9,11,18H2,1H3,(H,19,21). The Morgan fingerprint density at radius 1 is 1.41 bits per heavy atom. The lowest BCUT2D eigenvalue weighted by Gasteiger charge is -2.26. The van der Waals surface area contributed by atoms with Gasteiger partial charge < -0.3 is 11.1 Å². The molecular formula is C17H21N3OS. The van der Waals surface area contributed by atoms with Gasteiger partial charge in [0.15, 0.2) is 0 Å². The average Bonchev–Trinajstić information content (AvgIpc) is 2.97. The van der Waals surface area contributed by atoms with Crippen molar-refractivity contribution in [2.75, 3.05) is 24.1 Å². The minimum atomic E-state index is 0.0461. The molecular weight excluding hydrogens is 294 g/mol. The van der Waals surface area contributed by atoms with Crippen LogP contribution in [0.4, 0.5) is 11.4 Å². The number of carbonyl (C=O) groups is 1. The van der Waals surface area contributed by atoms with E-state index in [4.69, 9.17) is 5.73 Å². The summed E-state index contributed by atoms with van der Waals surface area (Å²) in [5.74, 6) is 0.0461. The highest BCUT2D eigenvalue weighted by atomic mass is 32.1. The highest BCUT2D eigenvalue weighted by Gasteiger charge is 2.17. The van der Waals surface area contributed by atoms with Crippen molar-refractivity contribution in [3.63, 3.8) is 0 Å². The predicted molar refractivity (Wildman–Crippen MR) is 92.1 cm³/mol. The van der Waals surface area contributed by atoms with Crippen LogP contribution in [0.5, 0.6) is 0 Å². The zero-order chi connectivity index (χ0) is 15.5. The number of thiophene rings is 1. The smallest absolute Gasteiger partial charge is 0.225 e. The van der Waals surface area contributed by atoms with E-state index in [1.54, 1.807) is 0 Å². The molecule has 0 saturated heterocycles. The molecule has 2 heterocycles. The summed E-state index contributed by atoms with van der Waals surface area (Å²) in [6.07, 6.45) is 1.61. The first-order chi connectivity index (χ1) is 10.6. The first-order valence-electron chi connectivity index (χ1n) is 7.56. The lowest BCUT2D eigenvalue weighted by Crippen LogP contribution is -2.32. The SMILES string of the molecule is Cc1c(N)cccc1NC(=O)CCN1CCc2sccc2C1. The number of hydrogen-bond donors (Lipinski definition) is 2. The van der Waals surface area contributed by atoms with Gasteiger partial charge in [-0.15, -0.1) is 11.3 Å². The summed E-state index contributed by atoms with van der Waals surface area (Å²) in [5.41, 5.74) is 9.73. The van der Waals surface area contributed by atoms with E-state index in [9.17, 15) is 4.79 Å². The van der Waals surface area contributed by atoms with E-state index >= 15 is 0 Å². The summed E-state index contributed by atoms with van der Waals surface area (Å²) in [6, 6.07) is 7.79. The van der Waals surface area contributed by atoms with E-state index in [0.717, 1.165) is 37.3 Å². The molecule has 0 spiro atoms. The molecule has 3 N–H and O–H groups in total. The minimum absolute atomic E-state index is 0.0461. The molecule has 1 aromatic heterocycles. The van der Waals surface area contributed by atoms with Crippen LogP contribution < -0.4 is 11.1 Å². The monoisotopic (exact) mass is 315 g/mol. The van der Waals surface area contributed by atoms with Gasteiger partial charge in [0, 0.05) is 42.3 Å². The third kappa shape index (κ3) is 3.31. The summed E-state index contributed by atoms with van der Waals surface area (Å²) in [6.45, 7) is 4.72. The van der Waals surface area contributed by atoms with Crippen LogP contribution in [-0.2, 0) is 17.8 Å².